The maximum Gasteiger partial charge on any atom is 0.309 e. The highest BCUT2D eigenvalue weighted by atomic mass is 16.4. The highest BCUT2D eigenvalue weighted by Gasteiger charge is 2.37. The Morgan fingerprint density at radius 3 is 2.38 bits per heavy atom. The monoisotopic (exact) mass is 187 g/mol. The zero-order valence-electron chi connectivity index (χ0n) is 7.05. The number of aliphatic hydroxyl groups is 1. The van der Waals surface area contributed by atoms with Crippen molar-refractivity contribution in [1.29, 1.82) is 0 Å². The van der Waals surface area contributed by atoms with Gasteiger partial charge in [-0.05, 0) is 12.8 Å². The van der Waals surface area contributed by atoms with E-state index in [0.717, 1.165) is 0 Å². The van der Waals surface area contributed by atoms with Gasteiger partial charge in [-0.3, -0.25) is 9.79 Å². The molecule has 74 valence electrons. The van der Waals surface area contributed by atoms with E-state index in [-0.39, 0.29) is 12.0 Å². The van der Waals surface area contributed by atoms with Gasteiger partial charge in [0.15, 0.2) is 5.96 Å². The lowest BCUT2D eigenvalue weighted by atomic mass is 10.1. The summed E-state index contributed by atoms with van der Waals surface area (Å²) in [5, 5.41) is 18.0. The number of aliphatic imine (C=N–C) groups is 1. The molecule has 1 aliphatic rings. The molecule has 0 aromatic carbocycles. The Kier molecular flexibility index (Phi) is 2.72. The van der Waals surface area contributed by atoms with Gasteiger partial charge in [-0.15, -0.1) is 0 Å². The van der Waals surface area contributed by atoms with Crippen LogP contribution >= 0.6 is 0 Å². The molecule has 0 spiro atoms. The molecule has 1 aliphatic carbocycles. The fraction of sp³-hybridized carbons (Fsp3) is 0.714. The number of carboxylic acid groups (broad SMARTS) is 1. The number of carboxylic acids is 1. The van der Waals surface area contributed by atoms with Crippen LogP contribution in [0.3, 0.4) is 0 Å². The third-order valence-electron chi connectivity index (χ3n) is 2.15. The fourth-order valence-corrected chi connectivity index (χ4v) is 1.57. The summed E-state index contributed by atoms with van der Waals surface area (Å²) in [5.74, 6) is -1.81. The molecule has 0 aromatic rings. The minimum Gasteiger partial charge on any atom is -0.481 e. The van der Waals surface area contributed by atoms with Crippen LogP contribution in [0.5, 0.6) is 0 Å². The summed E-state index contributed by atoms with van der Waals surface area (Å²) in [6, 6.07) is -0.263. The molecule has 0 bridgehead atoms. The van der Waals surface area contributed by atoms with Crippen LogP contribution in [0, 0.1) is 5.92 Å². The SMILES string of the molecule is NC(N)=NC1CC(O)C(C(=O)O)C1. The lowest BCUT2D eigenvalue weighted by molar-refractivity contribution is -0.144. The van der Waals surface area contributed by atoms with E-state index >= 15 is 0 Å². The van der Waals surface area contributed by atoms with Crippen molar-refractivity contribution in [2.75, 3.05) is 0 Å². The van der Waals surface area contributed by atoms with Crippen molar-refractivity contribution >= 4 is 11.9 Å². The van der Waals surface area contributed by atoms with Crippen molar-refractivity contribution in [3.8, 4) is 0 Å². The second kappa shape index (κ2) is 3.61. The number of rotatable bonds is 2. The molecule has 0 aliphatic heterocycles. The highest BCUT2D eigenvalue weighted by molar-refractivity contribution is 5.76. The number of carbonyl (C=O) groups is 1. The third kappa shape index (κ3) is 2.32. The number of nitrogens with two attached hydrogens (primary N) is 2. The van der Waals surface area contributed by atoms with Crippen LogP contribution in [0.25, 0.3) is 0 Å². The average Bonchev–Trinajstić information content (AvgIpc) is 2.29. The smallest absolute Gasteiger partial charge is 0.309 e. The van der Waals surface area contributed by atoms with E-state index in [1.807, 2.05) is 0 Å². The second-order valence-electron chi connectivity index (χ2n) is 3.19. The van der Waals surface area contributed by atoms with Gasteiger partial charge in [0.25, 0.3) is 0 Å². The normalized spacial score (nSPS) is 32.8. The van der Waals surface area contributed by atoms with Crippen LogP contribution in [-0.4, -0.2) is 34.3 Å². The molecule has 13 heavy (non-hydrogen) atoms. The quantitative estimate of drug-likeness (QED) is 0.309. The summed E-state index contributed by atoms with van der Waals surface area (Å²) < 4.78 is 0. The summed E-state index contributed by atoms with van der Waals surface area (Å²) in [6.45, 7) is 0. The molecular weight excluding hydrogens is 174 g/mol. The lowest BCUT2D eigenvalue weighted by Gasteiger charge is -2.06. The predicted molar refractivity (Wildman–Crippen MR) is 46.0 cm³/mol. The fourth-order valence-electron chi connectivity index (χ4n) is 1.57. The highest BCUT2D eigenvalue weighted by Crippen LogP contribution is 2.28. The molecule has 3 atom stereocenters. The summed E-state index contributed by atoms with van der Waals surface area (Å²) in [5.41, 5.74) is 10.3. The summed E-state index contributed by atoms with van der Waals surface area (Å²) in [6.07, 6.45) is -0.228. The molecule has 3 unspecified atom stereocenters. The largest absolute Gasteiger partial charge is 0.481 e. The number of nitrogens with zero attached hydrogens (tertiary/aromatic N) is 1. The molecule has 0 amide bonds. The van der Waals surface area contributed by atoms with Crippen molar-refractivity contribution < 1.29 is 15.0 Å². The third-order valence-corrected chi connectivity index (χ3v) is 2.15. The van der Waals surface area contributed by atoms with Crippen LogP contribution in [0.4, 0.5) is 0 Å². The van der Waals surface area contributed by atoms with E-state index in [0.29, 0.717) is 12.8 Å². The minimum atomic E-state index is -0.999. The Morgan fingerprint density at radius 1 is 1.38 bits per heavy atom. The van der Waals surface area contributed by atoms with E-state index in [1.54, 1.807) is 0 Å². The molecule has 6 nitrogen and oxygen atoms in total. The van der Waals surface area contributed by atoms with Gasteiger partial charge >= 0.3 is 5.97 Å². The van der Waals surface area contributed by atoms with Crippen molar-refractivity contribution in [3.63, 3.8) is 0 Å². The Labute approximate surface area is 75.2 Å². The first-order valence-electron chi connectivity index (χ1n) is 4.00. The molecule has 0 aromatic heterocycles. The molecule has 1 fully saturated rings. The van der Waals surface area contributed by atoms with Crippen molar-refractivity contribution in [2.24, 2.45) is 22.4 Å². The first-order chi connectivity index (χ1) is 6.00. The van der Waals surface area contributed by atoms with E-state index in [2.05, 4.69) is 4.99 Å². The predicted octanol–water partition coefficient (Wildman–Crippen LogP) is -1.52. The van der Waals surface area contributed by atoms with E-state index < -0.39 is 18.0 Å². The van der Waals surface area contributed by atoms with Gasteiger partial charge in [0.05, 0.1) is 18.1 Å². The second-order valence-corrected chi connectivity index (χ2v) is 3.19. The zero-order valence-corrected chi connectivity index (χ0v) is 7.05. The van der Waals surface area contributed by atoms with Crippen LogP contribution in [0.2, 0.25) is 0 Å². The first kappa shape index (κ1) is 9.79. The van der Waals surface area contributed by atoms with E-state index in [1.165, 1.54) is 0 Å². The Morgan fingerprint density at radius 2 is 2.00 bits per heavy atom. The summed E-state index contributed by atoms with van der Waals surface area (Å²) >= 11 is 0. The minimum absolute atomic E-state index is 0.0664. The van der Waals surface area contributed by atoms with Crippen molar-refractivity contribution in [3.05, 3.63) is 0 Å². The summed E-state index contributed by atoms with van der Waals surface area (Å²) in [7, 11) is 0. The van der Waals surface area contributed by atoms with Crippen molar-refractivity contribution in [1.82, 2.24) is 0 Å². The van der Waals surface area contributed by atoms with E-state index in [4.69, 9.17) is 16.6 Å². The van der Waals surface area contributed by atoms with Gasteiger partial charge in [0.2, 0.25) is 0 Å². The number of hydrogen-bond acceptors (Lipinski definition) is 3. The molecule has 0 heterocycles. The Bertz CT molecular complexity index is 237. The van der Waals surface area contributed by atoms with Crippen molar-refractivity contribution in [2.45, 2.75) is 25.0 Å². The van der Waals surface area contributed by atoms with Gasteiger partial charge in [0, 0.05) is 0 Å². The standard InChI is InChI=1S/C7H13N3O3/c8-7(9)10-3-1-4(6(12)13)5(11)2-3/h3-5,11H,1-2H2,(H,12,13)(H4,8,9,10). The Hall–Kier alpha value is -1.30. The molecule has 6 N–H and O–H groups in total. The van der Waals surface area contributed by atoms with E-state index in [9.17, 15) is 9.90 Å². The maximum absolute atomic E-state index is 10.6. The van der Waals surface area contributed by atoms with Crippen LogP contribution < -0.4 is 11.5 Å². The van der Waals surface area contributed by atoms with Gasteiger partial charge in [0.1, 0.15) is 0 Å². The van der Waals surface area contributed by atoms with Crippen LogP contribution in [-0.2, 0) is 4.79 Å². The van der Waals surface area contributed by atoms with Gasteiger partial charge in [-0.25, -0.2) is 0 Å². The molecule has 1 saturated carbocycles. The number of aliphatic carboxylic acids is 1. The van der Waals surface area contributed by atoms with Gasteiger partial charge < -0.3 is 21.7 Å². The number of hydrogen-bond donors (Lipinski definition) is 4. The summed E-state index contributed by atoms with van der Waals surface area (Å²) in [4.78, 5) is 14.4. The average molecular weight is 187 g/mol. The number of guanidine groups is 1. The van der Waals surface area contributed by atoms with Crippen LogP contribution in [0.15, 0.2) is 4.99 Å². The van der Waals surface area contributed by atoms with Crippen LogP contribution in [0.1, 0.15) is 12.8 Å². The topological polar surface area (TPSA) is 122 Å². The zero-order chi connectivity index (χ0) is 10.0. The molecule has 1 rings (SSSR count). The molecular formula is C7H13N3O3. The number of aliphatic hydroxyl groups excluding tert-OH is 1. The molecule has 0 radical (unpaired) electrons. The molecule has 0 saturated heterocycles. The molecule has 6 heteroatoms. The Balaban J connectivity index is 2.60. The first-order valence-corrected chi connectivity index (χ1v) is 4.00. The van der Waals surface area contributed by atoms with Gasteiger partial charge in [-0.1, -0.05) is 0 Å². The van der Waals surface area contributed by atoms with Gasteiger partial charge in [-0.2, -0.15) is 0 Å². The maximum atomic E-state index is 10.6. The lowest BCUT2D eigenvalue weighted by Crippen LogP contribution is -2.25.